The molecule has 0 atom stereocenters. The van der Waals surface area contributed by atoms with Crippen molar-refractivity contribution in [1.29, 1.82) is 0 Å². The summed E-state index contributed by atoms with van der Waals surface area (Å²) in [7, 11) is -3.23. The van der Waals surface area contributed by atoms with Gasteiger partial charge in [-0.25, -0.2) is 13.1 Å². The van der Waals surface area contributed by atoms with E-state index in [0.717, 1.165) is 48.2 Å². The second kappa shape index (κ2) is 7.33. The first-order chi connectivity index (χ1) is 11.9. The van der Waals surface area contributed by atoms with E-state index in [-0.39, 0.29) is 12.5 Å². The summed E-state index contributed by atoms with van der Waals surface area (Å²) in [4.78, 5) is 18.2. The normalized spacial score (nSPS) is 15.4. The van der Waals surface area contributed by atoms with Crippen LogP contribution in [0.25, 0.3) is 11.3 Å². The van der Waals surface area contributed by atoms with Crippen molar-refractivity contribution in [3.05, 3.63) is 48.2 Å². The van der Waals surface area contributed by atoms with Crippen LogP contribution in [0.1, 0.15) is 24.8 Å². The van der Waals surface area contributed by atoms with E-state index in [0.29, 0.717) is 6.42 Å². The Morgan fingerprint density at radius 2 is 2.04 bits per heavy atom. The molecule has 0 aliphatic carbocycles. The predicted octanol–water partition coefficient (Wildman–Crippen LogP) is 2.31. The van der Waals surface area contributed by atoms with Gasteiger partial charge < -0.3 is 4.90 Å². The number of rotatable bonds is 5. The summed E-state index contributed by atoms with van der Waals surface area (Å²) in [5.74, 6) is 0.148. The molecule has 1 aromatic heterocycles. The number of pyridine rings is 1. The molecule has 1 N–H and O–H groups in total. The Morgan fingerprint density at radius 3 is 2.72 bits per heavy atom. The fraction of sp³-hybridized carbons (Fsp3) is 0.333. The van der Waals surface area contributed by atoms with E-state index in [4.69, 9.17) is 0 Å². The highest BCUT2D eigenvalue weighted by Crippen LogP contribution is 2.24. The molecule has 3 rings (SSSR count). The van der Waals surface area contributed by atoms with E-state index in [2.05, 4.69) is 9.71 Å². The summed E-state index contributed by atoms with van der Waals surface area (Å²) < 4.78 is 24.9. The highest BCUT2D eigenvalue weighted by atomic mass is 32.2. The van der Waals surface area contributed by atoms with Gasteiger partial charge >= 0.3 is 0 Å². The maximum atomic E-state index is 12.0. The van der Waals surface area contributed by atoms with Gasteiger partial charge in [-0.1, -0.05) is 18.2 Å². The second-order valence-corrected chi connectivity index (χ2v) is 8.03. The number of hydrogen-bond acceptors (Lipinski definition) is 4. The minimum atomic E-state index is -3.23. The van der Waals surface area contributed by atoms with Gasteiger partial charge in [-0.15, -0.1) is 0 Å². The SMILES string of the molecule is CS(=O)(=O)NCc1cccc(-c2ccc(N3CCCCC3=O)cn2)c1. The van der Waals surface area contributed by atoms with Gasteiger partial charge in [0.15, 0.2) is 0 Å². The molecule has 132 valence electrons. The Bertz CT molecular complexity index is 863. The topological polar surface area (TPSA) is 79.4 Å². The van der Waals surface area contributed by atoms with Crippen LogP contribution in [0, 0.1) is 0 Å². The highest BCUT2D eigenvalue weighted by molar-refractivity contribution is 7.88. The molecule has 2 aromatic rings. The Labute approximate surface area is 147 Å². The number of nitrogens with zero attached hydrogens (tertiary/aromatic N) is 2. The standard InChI is InChI=1S/C18H21N3O3S/c1-25(23,24)20-12-14-5-4-6-15(11-14)17-9-8-16(13-19-17)21-10-3-2-7-18(21)22/h4-6,8-9,11,13,20H,2-3,7,10,12H2,1H3. The molecule has 0 saturated carbocycles. The number of benzene rings is 1. The fourth-order valence-corrected chi connectivity index (χ4v) is 3.28. The number of carbonyl (C=O) groups is 1. The maximum absolute atomic E-state index is 12.0. The van der Waals surface area contributed by atoms with Crippen LogP contribution in [0.15, 0.2) is 42.6 Å². The summed E-state index contributed by atoms with van der Waals surface area (Å²) in [6.45, 7) is 0.986. The van der Waals surface area contributed by atoms with Crippen molar-refractivity contribution >= 4 is 21.6 Å². The summed E-state index contributed by atoms with van der Waals surface area (Å²) in [5, 5.41) is 0. The van der Waals surface area contributed by atoms with Crippen molar-refractivity contribution in [1.82, 2.24) is 9.71 Å². The van der Waals surface area contributed by atoms with Gasteiger partial charge in [0.2, 0.25) is 15.9 Å². The molecule has 7 heteroatoms. The van der Waals surface area contributed by atoms with Crippen molar-refractivity contribution < 1.29 is 13.2 Å². The predicted molar refractivity (Wildman–Crippen MR) is 97.6 cm³/mol. The van der Waals surface area contributed by atoms with E-state index in [1.54, 1.807) is 11.1 Å². The van der Waals surface area contributed by atoms with Crippen molar-refractivity contribution in [2.75, 3.05) is 17.7 Å². The number of nitrogens with one attached hydrogen (secondary N) is 1. The number of aromatic nitrogens is 1. The Balaban J connectivity index is 1.77. The molecule has 1 aliphatic rings. The van der Waals surface area contributed by atoms with Gasteiger partial charge in [0.05, 0.1) is 23.8 Å². The first-order valence-electron chi connectivity index (χ1n) is 8.23. The van der Waals surface area contributed by atoms with Gasteiger partial charge in [-0.05, 0) is 36.6 Å². The van der Waals surface area contributed by atoms with Crippen molar-refractivity contribution in [3.8, 4) is 11.3 Å². The largest absolute Gasteiger partial charge is 0.311 e. The van der Waals surface area contributed by atoms with Gasteiger partial charge in [0.1, 0.15) is 0 Å². The lowest BCUT2D eigenvalue weighted by molar-refractivity contribution is -0.119. The maximum Gasteiger partial charge on any atom is 0.227 e. The molecule has 1 aliphatic heterocycles. The molecule has 6 nitrogen and oxygen atoms in total. The second-order valence-electron chi connectivity index (χ2n) is 6.20. The van der Waals surface area contributed by atoms with E-state index >= 15 is 0 Å². The molecule has 25 heavy (non-hydrogen) atoms. The van der Waals surface area contributed by atoms with Crippen LogP contribution in [0.5, 0.6) is 0 Å². The minimum Gasteiger partial charge on any atom is -0.311 e. The highest BCUT2D eigenvalue weighted by Gasteiger charge is 2.19. The molecule has 0 bridgehead atoms. The van der Waals surface area contributed by atoms with Crippen molar-refractivity contribution in [3.63, 3.8) is 0 Å². The van der Waals surface area contributed by atoms with Gasteiger partial charge in [-0.3, -0.25) is 9.78 Å². The number of sulfonamides is 1. The number of anilines is 1. The van der Waals surface area contributed by atoms with Crippen LogP contribution in [0.4, 0.5) is 5.69 Å². The minimum absolute atomic E-state index is 0.148. The molecule has 1 amide bonds. The summed E-state index contributed by atoms with van der Waals surface area (Å²) in [6, 6.07) is 11.4. The van der Waals surface area contributed by atoms with Crippen LogP contribution in [0.2, 0.25) is 0 Å². The zero-order chi connectivity index (χ0) is 17.9. The average molecular weight is 359 g/mol. The lowest BCUT2D eigenvalue weighted by Gasteiger charge is -2.26. The van der Waals surface area contributed by atoms with Crippen LogP contribution < -0.4 is 9.62 Å². The number of amides is 1. The molecular weight excluding hydrogens is 338 g/mol. The smallest absolute Gasteiger partial charge is 0.227 e. The van der Waals surface area contributed by atoms with E-state index in [1.165, 1.54) is 0 Å². The number of carbonyl (C=O) groups excluding carboxylic acids is 1. The van der Waals surface area contributed by atoms with Crippen LogP contribution in [0.3, 0.4) is 0 Å². The Hall–Kier alpha value is -2.25. The summed E-state index contributed by atoms with van der Waals surface area (Å²) in [5.41, 5.74) is 3.38. The molecule has 0 spiro atoms. The fourth-order valence-electron chi connectivity index (χ4n) is 2.85. The molecule has 2 heterocycles. The Kier molecular flexibility index (Phi) is 5.15. The lowest BCUT2D eigenvalue weighted by Crippen LogP contribution is -2.35. The van der Waals surface area contributed by atoms with Crippen LogP contribution in [-0.4, -0.2) is 32.1 Å². The van der Waals surface area contributed by atoms with Gasteiger partial charge in [0, 0.05) is 25.1 Å². The molecule has 1 saturated heterocycles. The third kappa shape index (κ3) is 4.64. The van der Waals surface area contributed by atoms with E-state index < -0.39 is 10.0 Å². The van der Waals surface area contributed by atoms with E-state index in [9.17, 15) is 13.2 Å². The molecular formula is C18H21N3O3S. The quantitative estimate of drug-likeness (QED) is 0.888. The van der Waals surface area contributed by atoms with Crippen LogP contribution in [-0.2, 0) is 21.4 Å². The summed E-state index contributed by atoms with van der Waals surface area (Å²) >= 11 is 0. The lowest BCUT2D eigenvalue weighted by atomic mass is 10.1. The third-order valence-electron chi connectivity index (χ3n) is 4.14. The van der Waals surface area contributed by atoms with Crippen molar-refractivity contribution in [2.24, 2.45) is 0 Å². The molecule has 1 aromatic carbocycles. The van der Waals surface area contributed by atoms with Gasteiger partial charge in [-0.2, -0.15) is 0 Å². The first kappa shape index (κ1) is 17.6. The van der Waals surface area contributed by atoms with E-state index in [1.807, 2.05) is 36.4 Å². The Morgan fingerprint density at radius 1 is 1.20 bits per heavy atom. The molecule has 1 fully saturated rings. The third-order valence-corrected chi connectivity index (χ3v) is 4.81. The molecule has 0 radical (unpaired) electrons. The van der Waals surface area contributed by atoms with Crippen LogP contribution >= 0.6 is 0 Å². The monoisotopic (exact) mass is 359 g/mol. The zero-order valence-electron chi connectivity index (χ0n) is 14.1. The average Bonchev–Trinajstić information content (AvgIpc) is 2.60. The summed E-state index contributed by atoms with van der Waals surface area (Å²) in [6.07, 6.45) is 5.42. The number of piperidine rings is 1. The van der Waals surface area contributed by atoms with Gasteiger partial charge in [0.25, 0.3) is 0 Å². The number of hydrogen-bond donors (Lipinski definition) is 1. The zero-order valence-corrected chi connectivity index (χ0v) is 14.9. The first-order valence-corrected chi connectivity index (χ1v) is 10.1. The van der Waals surface area contributed by atoms with Crippen molar-refractivity contribution in [2.45, 2.75) is 25.8 Å². The molecule has 0 unspecified atom stereocenters.